The smallest absolute Gasteiger partial charge is 0.131 e. The van der Waals surface area contributed by atoms with Gasteiger partial charge in [-0.1, -0.05) is 60.1 Å². The summed E-state index contributed by atoms with van der Waals surface area (Å²) in [6.07, 6.45) is 0. The number of halogens is 1. The number of ether oxygens (including phenoxy) is 1. The van der Waals surface area contributed by atoms with Crippen LogP contribution in [0.5, 0.6) is 11.5 Å². The van der Waals surface area contributed by atoms with Crippen molar-refractivity contribution in [2.24, 2.45) is 0 Å². The second kappa shape index (κ2) is 8.13. The van der Waals surface area contributed by atoms with Crippen molar-refractivity contribution in [3.05, 3.63) is 95.0 Å². The molecule has 0 bridgehead atoms. The van der Waals surface area contributed by atoms with Crippen LogP contribution in [-0.2, 0) is 22.3 Å². The summed E-state index contributed by atoms with van der Waals surface area (Å²) in [5.41, 5.74) is 1.91. The number of hydrogen-bond acceptors (Lipinski definition) is 2. The summed E-state index contributed by atoms with van der Waals surface area (Å²) in [5.74, 6) is 2.42. The Bertz CT molecular complexity index is 834. The maximum Gasteiger partial charge on any atom is 0.131 e. The van der Waals surface area contributed by atoms with Gasteiger partial charge in [-0.25, -0.2) is 0 Å². The van der Waals surface area contributed by atoms with Crippen LogP contribution in [0.15, 0.2) is 78.9 Å². The van der Waals surface area contributed by atoms with Gasteiger partial charge in [0, 0.05) is 27.1 Å². The molecule has 3 rings (SSSR count). The molecule has 0 amide bonds. The van der Waals surface area contributed by atoms with Crippen molar-refractivity contribution in [3.8, 4) is 11.5 Å². The number of benzene rings is 3. The predicted octanol–water partition coefficient (Wildman–Crippen LogP) is 5.58. The molecular weight excluding hydrogens is 340 g/mol. The quantitative estimate of drug-likeness (QED) is 0.576. The Labute approximate surface area is 149 Å². The lowest BCUT2D eigenvalue weighted by Gasteiger charge is -2.11. The highest BCUT2D eigenvalue weighted by Crippen LogP contribution is 2.26. The second-order valence-electron chi connectivity index (χ2n) is 5.38. The molecule has 0 aliphatic rings. The molecule has 4 heteroatoms. The summed E-state index contributed by atoms with van der Waals surface area (Å²) in [6, 6.07) is 24.8. The van der Waals surface area contributed by atoms with Gasteiger partial charge >= 0.3 is 0 Å². The van der Waals surface area contributed by atoms with Crippen molar-refractivity contribution in [2.45, 2.75) is 11.5 Å². The van der Waals surface area contributed by atoms with Gasteiger partial charge in [0.25, 0.3) is 0 Å². The van der Waals surface area contributed by atoms with Crippen LogP contribution in [0.1, 0.15) is 11.1 Å². The first kappa shape index (κ1) is 16.7. The molecule has 0 saturated carbocycles. The predicted molar refractivity (Wildman–Crippen MR) is 100.0 cm³/mol. The summed E-state index contributed by atoms with van der Waals surface area (Å²) in [7, 11) is -1.04. The molecule has 3 aromatic carbocycles. The van der Waals surface area contributed by atoms with Crippen molar-refractivity contribution in [2.75, 3.05) is 0 Å². The summed E-state index contributed by atoms with van der Waals surface area (Å²) in [4.78, 5) is 0. The molecule has 0 spiro atoms. The van der Waals surface area contributed by atoms with E-state index in [-0.39, 0.29) is 0 Å². The summed E-state index contributed by atoms with van der Waals surface area (Å²) in [5, 5.41) is 0.664. The maximum atomic E-state index is 12.5. The van der Waals surface area contributed by atoms with Crippen molar-refractivity contribution in [1.29, 1.82) is 0 Å². The highest BCUT2D eigenvalue weighted by Gasteiger charge is 2.09. The van der Waals surface area contributed by atoms with Gasteiger partial charge in [0.15, 0.2) is 0 Å². The molecule has 0 aliphatic heterocycles. The van der Waals surface area contributed by atoms with E-state index in [0.29, 0.717) is 16.5 Å². The lowest BCUT2D eigenvalue weighted by atomic mass is 10.2. The first-order chi connectivity index (χ1) is 11.7. The van der Waals surface area contributed by atoms with Crippen LogP contribution in [-0.4, -0.2) is 4.21 Å². The fourth-order valence-electron chi connectivity index (χ4n) is 2.38. The molecule has 0 fully saturated rings. The van der Waals surface area contributed by atoms with E-state index in [0.717, 1.165) is 22.6 Å². The Kier molecular flexibility index (Phi) is 5.68. The van der Waals surface area contributed by atoms with Crippen LogP contribution in [0, 0.1) is 0 Å². The molecule has 122 valence electrons. The van der Waals surface area contributed by atoms with Crippen molar-refractivity contribution < 1.29 is 8.95 Å². The molecular formula is C20H17ClO2S. The zero-order valence-corrected chi connectivity index (χ0v) is 14.6. The van der Waals surface area contributed by atoms with Gasteiger partial charge < -0.3 is 4.74 Å². The summed E-state index contributed by atoms with van der Waals surface area (Å²) < 4.78 is 18.4. The lowest BCUT2D eigenvalue weighted by molar-refractivity contribution is 0.478. The van der Waals surface area contributed by atoms with Gasteiger partial charge in [0.1, 0.15) is 11.5 Å². The molecule has 0 radical (unpaired) electrons. The third-order valence-corrected chi connectivity index (χ3v) is 5.00. The van der Waals surface area contributed by atoms with E-state index in [1.54, 1.807) is 0 Å². The standard InChI is InChI=1S/C20H17ClO2S/c21-18-9-6-7-16(13-18)14-24(22)15-17-8-4-5-12-20(17)23-19-10-2-1-3-11-19/h1-13H,14-15H2. The maximum absolute atomic E-state index is 12.5. The summed E-state index contributed by atoms with van der Waals surface area (Å²) >= 11 is 5.99. The molecule has 0 aliphatic carbocycles. The molecule has 0 N–H and O–H groups in total. The number of hydrogen-bond donors (Lipinski definition) is 0. The van der Waals surface area contributed by atoms with Crippen molar-refractivity contribution in [3.63, 3.8) is 0 Å². The third-order valence-electron chi connectivity index (χ3n) is 3.48. The Morgan fingerprint density at radius 1 is 0.833 bits per heavy atom. The van der Waals surface area contributed by atoms with Crippen LogP contribution >= 0.6 is 11.6 Å². The molecule has 0 heterocycles. The van der Waals surface area contributed by atoms with Crippen molar-refractivity contribution >= 4 is 22.4 Å². The minimum Gasteiger partial charge on any atom is -0.457 e. The molecule has 0 saturated heterocycles. The molecule has 24 heavy (non-hydrogen) atoms. The van der Waals surface area contributed by atoms with E-state index >= 15 is 0 Å². The largest absolute Gasteiger partial charge is 0.457 e. The van der Waals surface area contributed by atoms with E-state index in [2.05, 4.69) is 0 Å². The van der Waals surface area contributed by atoms with Crippen LogP contribution in [0.3, 0.4) is 0 Å². The zero-order valence-electron chi connectivity index (χ0n) is 13.0. The normalized spacial score (nSPS) is 11.9. The Morgan fingerprint density at radius 2 is 1.58 bits per heavy atom. The van der Waals surface area contributed by atoms with E-state index in [1.165, 1.54) is 0 Å². The average molecular weight is 357 g/mol. The van der Waals surface area contributed by atoms with E-state index < -0.39 is 10.8 Å². The first-order valence-electron chi connectivity index (χ1n) is 7.61. The summed E-state index contributed by atoms with van der Waals surface area (Å²) in [6.45, 7) is 0. The minimum atomic E-state index is -1.04. The van der Waals surface area contributed by atoms with Crippen LogP contribution in [0.2, 0.25) is 5.02 Å². The lowest BCUT2D eigenvalue weighted by Crippen LogP contribution is -2.01. The first-order valence-corrected chi connectivity index (χ1v) is 9.47. The second-order valence-corrected chi connectivity index (χ2v) is 7.27. The molecule has 3 aromatic rings. The van der Waals surface area contributed by atoms with Crippen LogP contribution < -0.4 is 4.74 Å². The third kappa shape index (κ3) is 4.70. The van der Waals surface area contributed by atoms with Gasteiger partial charge in [0.05, 0.1) is 5.75 Å². The molecule has 1 unspecified atom stereocenters. The molecule has 0 aromatic heterocycles. The number of rotatable bonds is 6. The fourth-order valence-corrected chi connectivity index (χ4v) is 3.83. The van der Waals surface area contributed by atoms with Gasteiger partial charge in [-0.05, 0) is 35.9 Å². The van der Waals surface area contributed by atoms with Crippen molar-refractivity contribution in [1.82, 2.24) is 0 Å². The Morgan fingerprint density at radius 3 is 2.38 bits per heavy atom. The average Bonchev–Trinajstić information content (AvgIpc) is 2.57. The molecule has 2 nitrogen and oxygen atoms in total. The minimum absolute atomic E-state index is 0.440. The monoisotopic (exact) mass is 356 g/mol. The van der Waals surface area contributed by atoms with Crippen LogP contribution in [0.25, 0.3) is 0 Å². The van der Waals surface area contributed by atoms with E-state index in [1.807, 2.05) is 78.9 Å². The van der Waals surface area contributed by atoms with E-state index in [4.69, 9.17) is 16.3 Å². The van der Waals surface area contributed by atoms with Gasteiger partial charge in [-0.15, -0.1) is 0 Å². The zero-order chi connectivity index (χ0) is 16.8. The Balaban J connectivity index is 1.72. The highest BCUT2D eigenvalue weighted by atomic mass is 35.5. The van der Waals surface area contributed by atoms with E-state index in [9.17, 15) is 4.21 Å². The fraction of sp³-hybridized carbons (Fsp3) is 0.100. The van der Waals surface area contributed by atoms with Crippen LogP contribution in [0.4, 0.5) is 0 Å². The van der Waals surface area contributed by atoms with Gasteiger partial charge in [-0.2, -0.15) is 0 Å². The number of para-hydroxylation sites is 2. The van der Waals surface area contributed by atoms with Gasteiger partial charge in [0.2, 0.25) is 0 Å². The highest BCUT2D eigenvalue weighted by molar-refractivity contribution is 7.83. The topological polar surface area (TPSA) is 26.3 Å². The van der Waals surface area contributed by atoms with Gasteiger partial charge in [-0.3, -0.25) is 4.21 Å². The SMILES string of the molecule is O=S(Cc1cccc(Cl)c1)Cc1ccccc1Oc1ccccc1. The molecule has 1 atom stereocenters. The Hall–Kier alpha value is -2.10.